The molecule has 1 aromatic carbocycles. The Kier molecular flexibility index (Phi) is 2.15. The van der Waals surface area contributed by atoms with E-state index in [-0.39, 0.29) is 11.3 Å². The van der Waals surface area contributed by atoms with Gasteiger partial charge in [0, 0.05) is 16.6 Å². The number of Topliss-reactive ketones (excluding diaryl/α,β-unsaturated/α-hetero) is 1. The minimum Gasteiger partial charge on any atom is -0.322 e. The van der Waals surface area contributed by atoms with E-state index in [1.54, 1.807) is 31.2 Å². The normalized spacial score (nSPS) is 10.5. The van der Waals surface area contributed by atoms with E-state index in [0.29, 0.717) is 11.1 Å². The smallest absolute Gasteiger partial charge is 0.251 e. The van der Waals surface area contributed by atoms with Gasteiger partial charge in [0.15, 0.2) is 5.78 Å². The van der Waals surface area contributed by atoms with Crippen molar-refractivity contribution >= 4 is 16.7 Å². The minimum absolute atomic E-state index is 0.0285. The number of aromatic nitrogens is 1. The third-order valence-electron chi connectivity index (χ3n) is 2.44. The van der Waals surface area contributed by atoms with E-state index in [1.807, 2.05) is 0 Å². The second-order valence-corrected chi connectivity index (χ2v) is 3.64. The van der Waals surface area contributed by atoms with Crippen LogP contribution in [0, 0.1) is 6.92 Å². The van der Waals surface area contributed by atoms with Gasteiger partial charge in [-0.15, -0.1) is 0 Å². The topological polar surface area (TPSA) is 49.9 Å². The van der Waals surface area contributed by atoms with Crippen LogP contribution in [0.3, 0.4) is 0 Å². The zero-order valence-electron chi connectivity index (χ0n) is 8.63. The van der Waals surface area contributed by atoms with Gasteiger partial charge in [0.05, 0.1) is 0 Å². The first-order chi connectivity index (χ1) is 7.08. The summed E-state index contributed by atoms with van der Waals surface area (Å²) in [5.41, 5.74) is 1.99. The Hall–Kier alpha value is -1.90. The van der Waals surface area contributed by atoms with E-state index >= 15 is 0 Å². The van der Waals surface area contributed by atoms with Crippen LogP contribution >= 0.6 is 0 Å². The molecule has 0 bridgehead atoms. The van der Waals surface area contributed by atoms with Gasteiger partial charge in [-0.1, -0.05) is 0 Å². The van der Waals surface area contributed by atoms with Gasteiger partial charge >= 0.3 is 0 Å². The predicted molar refractivity (Wildman–Crippen MR) is 59.3 cm³/mol. The lowest BCUT2D eigenvalue weighted by Gasteiger charge is -2.01. The third-order valence-corrected chi connectivity index (χ3v) is 2.44. The molecule has 0 aliphatic carbocycles. The number of pyridine rings is 1. The highest BCUT2D eigenvalue weighted by Crippen LogP contribution is 2.13. The summed E-state index contributed by atoms with van der Waals surface area (Å²) in [5, 5.41) is 0.889. The van der Waals surface area contributed by atoms with Gasteiger partial charge in [0.2, 0.25) is 0 Å². The molecule has 15 heavy (non-hydrogen) atoms. The van der Waals surface area contributed by atoms with Crippen LogP contribution in [0.15, 0.2) is 29.1 Å². The second kappa shape index (κ2) is 3.35. The first-order valence-corrected chi connectivity index (χ1v) is 4.72. The van der Waals surface area contributed by atoms with Crippen LogP contribution in [0.25, 0.3) is 10.9 Å². The number of benzene rings is 1. The van der Waals surface area contributed by atoms with E-state index in [2.05, 4.69) is 4.98 Å². The fraction of sp³-hybridized carbons (Fsp3) is 0.167. The predicted octanol–water partition coefficient (Wildman–Crippen LogP) is 2.04. The second-order valence-electron chi connectivity index (χ2n) is 3.64. The number of hydrogen-bond acceptors (Lipinski definition) is 2. The van der Waals surface area contributed by atoms with Crippen molar-refractivity contribution in [1.29, 1.82) is 0 Å². The van der Waals surface area contributed by atoms with E-state index in [4.69, 9.17) is 0 Å². The van der Waals surface area contributed by atoms with Crippen molar-refractivity contribution < 1.29 is 4.79 Å². The van der Waals surface area contributed by atoms with E-state index in [1.165, 1.54) is 6.92 Å². The number of aryl methyl sites for hydroxylation is 1. The molecule has 2 rings (SSSR count). The molecule has 3 nitrogen and oxygen atoms in total. The van der Waals surface area contributed by atoms with Crippen LogP contribution in [0.1, 0.15) is 22.8 Å². The van der Waals surface area contributed by atoms with E-state index < -0.39 is 0 Å². The van der Waals surface area contributed by atoms with Gasteiger partial charge in [0.1, 0.15) is 0 Å². The highest BCUT2D eigenvalue weighted by Gasteiger charge is 2.02. The van der Waals surface area contributed by atoms with Crippen LogP contribution in [0.4, 0.5) is 0 Å². The fourth-order valence-electron chi connectivity index (χ4n) is 1.53. The number of H-pyrrole nitrogens is 1. The number of hydrogen-bond donors (Lipinski definition) is 1. The zero-order chi connectivity index (χ0) is 11.0. The Morgan fingerprint density at radius 1 is 1.27 bits per heavy atom. The van der Waals surface area contributed by atoms with E-state index in [0.717, 1.165) is 10.9 Å². The van der Waals surface area contributed by atoms with Crippen LogP contribution < -0.4 is 5.56 Å². The number of ketones is 1. The number of nitrogens with one attached hydrogen (secondary N) is 1. The molecule has 2 aromatic rings. The first kappa shape index (κ1) is 9.65. The third kappa shape index (κ3) is 1.68. The number of carbonyl (C=O) groups excluding carboxylic acids is 1. The fourth-order valence-corrected chi connectivity index (χ4v) is 1.53. The van der Waals surface area contributed by atoms with Gasteiger partial charge in [-0.3, -0.25) is 9.59 Å². The van der Waals surface area contributed by atoms with Gasteiger partial charge in [-0.05, 0) is 43.5 Å². The average Bonchev–Trinajstić information content (AvgIpc) is 2.19. The van der Waals surface area contributed by atoms with Crippen LogP contribution in [-0.2, 0) is 0 Å². The SMILES string of the molecule is CC(=O)c1ccc2[nH]c(=O)c(C)cc2c1. The molecule has 0 amide bonds. The van der Waals surface area contributed by atoms with Gasteiger partial charge in [-0.2, -0.15) is 0 Å². The Morgan fingerprint density at radius 3 is 2.67 bits per heavy atom. The van der Waals surface area contributed by atoms with Crippen molar-refractivity contribution in [2.24, 2.45) is 0 Å². The molecule has 0 aliphatic rings. The molecular weight excluding hydrogens is 190 g/mol. The highest BCUT2D eigenvalue weighted by molar-refractivity contribution is 5.97. The van der Waals surface area contributed by atoms with Gasteiger partial charge < -0.3 is 4.98 Å². The van der Waals surface area contributed by atoms with Crippen LogP contribution in [-0.4, -0.2) is 10.8 Å². The van der Waals surface area contributed by atoms with Crippen LogP contribution in [0.5, 0.6) is 0 Å². The quantitative estimate of drug-likeness (QED) is 0.718. The molecule has 0 aliphatic heterocycles. The summed E-state index contributed by atoms with van der Waals surface area (Å²) < 4.78 is 0. The van der Waals surface area contributed by atoms with E-state index in [9.17, 15) is 9.59 Å². The monoisotopic (exact) mass is 201 g/mol. The Balaban J connectivity index is 2.77. The van der Waals surface area contributed by atoms with Crippen molar-refractivity contribution in [3.63, 3.8) is 0 Å². The Labute approximate surface area is 86.8 Å². The molecule has 0 fully saturated rings. The number of rotatable bonds is 1. The van der Waals surface area contributed by atoms with Crippen molar-refractivity contribution in [2.45, 2.75) is 13.8 Å². The summed E-state index contributed by atoms with van der Waals surface area (Å²) in [7, 11) is 0. The molecule has 0 atom stereocenters. The van der Waals surface area contributed by atoms with Crippen molar-refractivity contribution in [1.82, 2.24) is 4.98 Å². The molecule has 0 spiro atoms. The summed E-state index contributed by atoms with van der Waals surface area (Å²) in [6.45, 7) is 3.28. The summed E-state index contributed by atoms with van der Waals surface area (Å²) in [6.07, 6.45) is 0. The summed E-state index contributed by atoms with van der Waals surface area (Å²) in [4.78, 5) is 25.3. The maximum Gasteiger partial charge on any atom is 0.251 e. The molecule has 0 unspecified atom stereocenters. The molecule has 3 heteroatoms. The Bertz CT molecular complexity index is 596. The standard InChI is InChI=1S/C12H11NO2/c1-7-5-10-6-9(8(2)14)3-4-11(10)13-12(7)15/h3-6H,1-2H3,(H,13,15). The average molecular weight is 201 g/mol. The molecule has 0 radical (unpaired) electrons. The number of aromatic amines is 1. The lowest BCUT2D eigenvalue weighted by Crippen LogP contribution is -2.08. The number of carbonyl (C=O) groups is 1. The maximum atomic E-state index is 11.3. The molecular formula is C12H11NO2. The molecule has 0 saturated carbocycles. The molecule has 76 valence electrons. The molecule has 0 saturated heterocycles. The molecule has 1 N–H and O–H groups in total. The maximum absolute atomic E-state index is 11.3. The summed E-state index contributed by atoms with van der Waals surface area (Å²) in [5.74, 6) is 0.0285. The largest absolute Gasteiger partial charge is 0.322 e. The number of fused-ring (bicyclic) bond motifs is 1. The zero-order valence-corrected chi connectivity index (χ0v) is 8.63. The lowest BCUT2D eigenvalue weighted by molar-refractivity contribution is 0.101. The summed E-state index contributed by atoms with van der Waals surface area (Å²) >= 11 is 0. The molecule has 1 aromatic heterocycles. The van der Waals surface area contributed by atoms with Crippen molar-refractivity contribution in [2.75, 3.05) is 0 Å². The van der Waals surface area contributed by atoms with Crippen molar-refractivity contribution in [3.8, 4) is 0 Å². The summed E-state index contributed by atoms with van der Waals surface area (Å²) in [6, 6.07) is 7.06. The molecule has 1 heterocycles. The van der Waals surface area contributed by atoms with Crippen molar-refractivity contribution in [3.05, 3.63) is 45.7 Å². The van der Waals surface area contributed by atoms with Gasteiger partial charge in [-0.25, -0.2) is 0 Å². The lowest BCUT2D eigenvalue weighted by atomic mass is 10.1. The first-order valence-electron chi connectivity index (χ1n) is 4.72. The Morgan fingerprint density at radius 2 is 2.00 bits per heavy atom. The van der Waals surface area contributed by atoms with Crippen LogP contribution in [0.2, 0.25) is 0 Å². The highest BCUT2D eigenvalue weighted by atomic mass is 16.1. The minimum atomic E-state index is -0.0851. The van der Waals surface area contributed by atoms with Gasteiger partial charge in [0.25, 0.3) is 5.56 Å².